The molecule has 18 heavy (non-hydrogen) atoms. The zero-order valence-electron chi connectivity index (χ0n) is 9.92. The van der Waals surface area contributed by atoms with Crippen LogP contribution in [-0.4, -0.2) is 27.0 Å². The van der Waals surface area contributed by atoms with E-state index in [-0.39, 0.29) is 12.4 Å². The summed E-state index contributed by atoms with van der Waals surface area (Å²) in [4.78, 5) is 4.23. The molecule has 0 aliphatic carbocycles. The molecule has 0 spiro atoms. The molecule has 0 bridgehead atoms. The van der Waals surface area contributed by atoms with Crippen molar-refractivity contribution in [3.63, 3.8) is 0 Å². The standard InChI is InChI=1S/C13H15FN2OS/c14-12-3-1-11(2-4-12)5-7-16-8-6-15-13(16)18-10-9-17/h1-4,6,8,17H,5,7,9-10H2. The molecule has 0 fully saturated rings. The Balaban J connectivity index is 1.93. The Morgan fingerprint density at radius 3 is 2.78 bits per heavy atom. The number of nitrogens with zero attached hydrogens (tertiary/aromatic N) is 2. The second-order valence-electron chi connectivity index (χ2n) is 3.85. The van der Waals surface area contributed by atoms with E-state index in [1.165, 1.54) is 23.9 Å². The zero-order chi connectivity index (χ0) is 12.8. The lowest BCUT2D eigenvalue weighted by molar-refractivity contribution is 0.322. The van der Waals surface area contributed by atoms with E-state index in [9.17, 15) is 4.39 Å². The molecule has 2 aromatic rings. The highest BCUT2D eigenvalue weighted by atomic mass is 32.2. The quantitative estimate of drug-likeness (QED) is 0.816. The molecule has 5 heteroatoms. The van der Waals surface area contributed by atoms with Crippen molar-refractivity contribution in [1.82, 2.24) is 9.55 Å². The highest BCUT2D eigenvalue weighted by Crippen LogP contribution is 2.15. The third-order valence-electron chi connectivity index (χ3n) is 2.55. The topological polar surface area (TPSA) is 38.1 Å². The second-order valence-corrected chi connectivity index (χ2v) is 4.91. The van der Waals surface area contributed by atoms with Crippen LogP contribution in [0.25, 0.3) is 0 Å². The smallest absolute Gasteiger partial charge is 0.168 e. The number of hydrogen-bond donors (Lipinski definition) is 1. The van der Waals surface area contributed by atoms with Crippen LogP contribution in [0.4, 0.5) is 4.39 Å². The molecule has 1 N–H and O–H groups in total. The molecular formula is C13H15FN2OS. The summed E-state index contributed by atoms with van der Waals surface area (Å²) in [5, 5.41) is 9.70. The summed E-state index contributed by atoms with van der Waals surface area (Å²) in [6, 6.07) is 6.55. The average Bonchev–Trinajstić information content (AvgIpc) is 2.83. The summed E-state index contributed by atoms with van der Waals surface area (Å²) in [6.45, 7) is 0.953. The minimum absolute atomic E-state index is 0.148. The van der Waals surface area contributed by atoms with Gasteiger partial charge in [0.05, 0.1) is 6.61 Å². The van der Waals surface area contributed by atoms with E-state index in [1.54, 1.807) is 18.3 Å². The van der Waals surface area contributed by atoms with E-state index in [1.807, 2.05) is 10.8 Å². The van der Waals surface area contributed by atoms with Gasteiger partial charge in [0.25, 0.3) is 0 Å². The molecule has 0 aliphatic rings. The largest absolute Gasteiger partial charge is 0.396 e. The van der Waals surface area contributed by atoms with Crippen LogP contribution in [-0.2, 0) is 13.0 Å². The Kier molecular flexibility index (Phi) is 4.78. The first-order valence-electron chi connectivity index (χ1n) is 5.79. The molecule has 1 aromatic carbocycles. The molecule has 3 nitrogen and oxygen atoms in total. The van der Waals surface area contributed by atoms with Crippen LogP contribution in [0.5, 0.6) is 0 Å². The number of imidazole rings is 1. The van der Waals surface area contributed by atoms with Crippen molar-refractivity contribution in [3.8, 4) is 0 Å². The Labute approximate surface area is 110 Å². The van der Waals surface area contributed by atoms with Crippen LogP contribution in [0.2, 0.25) is 0 Å². The van der Waals surface area contributed by atoms with E-state index in [0.717, 1.165) is 23.7 Å². The van der Waals surface area contributed by atoms with E-state index in [0.29, 0.717) is 5.75 Å². The first-order chi connectivity index (χ1) is 8.79. The number of aliphatic hydroxyl groups is 1. The lowest BCUT2D eigenvalue weighted by Gasteiger charge is -2.07. The number of aliphatic hydroxyl groups excluding tert-OH is 1. The molecule has 1 heterocycles. The Bertz CT molecular complexity index is 484. The predicted octanol–water partition coefficient (Wildman–Crippen LogP) is 2.35. The lowest BCUT2D eigenvalue weighted by atomic mass is 10.1. The number of thioether (sulfide) groups is 1. The summed E-state index contributed by atoms with van der Waals surface area (Å²) < 4.78 is 14.8. The third kappa shape index (κ3) is 3.58. The van der Waals surface area contributed by atoms with Gasteiger partial charge in [0.15, 0.2) is 5.16 Å². The van der Waals surface area contributed by atoms with Crippen LogP contribution in [0.15, 0.2) is 41.8 Å². The summed E-state index contributed by atoms with van der Waals surface area (Å²) in [6.07, 6.45) is 4.51. The predicted molar refractivity (Wildman–Crippen MR) is 70.1 cm³/mol. The SMILES string of the molecule is OCCSc1nccn1CCc1ccc(F)cc1. The average molecular weight is 266 g/mol. The molecular weight excluding hydrogens is 251 g/mol. The molecule has 0 radical (unpaired) electrons. The van der Waals surface area contributed by atoms with Gasteiger partial charge in [-0.2, -0.15) is 0 Å². The monoisotopic (exact) mass is 266 g/mol. The van der Waals surface area contributed by atoms with Gasteiger partial charge in [-0.25, -0.2) is 9.37 Å². The number of aromatic nitrogens is 2. The van der Waals surface area contributed by atoms with Crippen molar-refractivity contribution >= 4 is 11.8 Å². The molecule has 0 atom stereocenters. The van der Waals surface area contributed by atoms with Crippen LogP contribution in [0.1, 0.15) is 5.56 Å². The van der Waals surface area contributed by atoms with Crippen LogP contribution >= 0.6 is 11.8 Å². The van der Waals surface area contributed by atoms with Crippen molar-refractivity contribution in [1.29, 1.82) is 0 Å². The maximum atomic E-state index is 12.8. The van der Waals surface area contributed by atoms with Crippen molar-refractivity contribution < 1.29 is 9.50 Å². The fraction of sp³-hybridized carbons (Fsp3) is 0.308. The number of hydrogen-bond acceptors (Lipinski definition) is 3. The fourth-order valence-corrected chi connectivity index (χ4v) is 2.37. The molecule has 1 aromatic heterocycles. The van der Waals surface area contributed by atoms with Crippen molar-refractivity contribution in [2.75, 3.05) is 12.4 Å². The highest BCUT2D eigenvalue weighted by molar-refractivity contribution is 7.99. The normalized spacial score (nSPS) is 10.8. The fourth-order valence-electron chi connectivity index (χ4n) is 1.64. The minimum Gasteiger partial charge on any atom is -0.396 e. The van der Waals surface area contributed by atoms with Gasteiger partial charge in [-0.1, -0.05) is 23.9 Å². The van der Waals surface area contributed by atoms with Gasteiger partial charge in [-0.3, -0.25) is 0 Å². The van der Waals surface area contributed by atoms with Gasteiger partial charge in [-0.05, 0) is 24.1 Å². The Hall–Kier alpha value is -1.33. The summed E-state index contributed by atoms with van der Waals surface area (Å²) in [5.41, 5.74) is 1.10. The summed E-state index contributed by atoms with van der Waals surface area (Å²) in [5.74, 6) is 0.439. The molecule has 2 rings (SSSR count). The van der Waals surface area contributed by atoms with Crippen LogP contribution < -0.4 is 0 Å². The maximum absolute atomic E-state index is 12.8. The van der Waals surface area contributed by atoms with Gasteiger partial charge in [0.1, 0.15) is 5.82 Å². The van der Waals surface area contributed by atoms with Gasteiger partial charge in [0, 0.05) is 24.7 Å². The van der Waals surface area contributed by atoms with Gasteiger partial charge in [-0.15, -0.1) is 0 Å². The molecule has 0 saturated heterocycles. The summed E-state index contributed by atoms with van der Waals surface area (Å²) in [7, 11) is 0. The minimum atomic E-state index is -0.208. The molecule has 0 aliphatic heterocycles. The first kappa shape index (κ1) is 13.1. The van der Waals surface area contributed by atoms with Crippen LogP contribution in [0.3, 0.4) is 0 Å². The number of aryl methyl sites for hydroxylation is 2. The molecule has 96 valence electrons. The van der Waals surface area contributed by atoms with Crippen LogP contribution in [0, 0.1) is 5.82 Å². The Morgan fingerprint density at radius 2 is 2.06 bits per heavy atom. The van der Waals surface area contributed by atoms with E-state index < -0.39 is 0 Å². The maximum Gasteiger partial charge on any atom is 0.168 e. The zero-order valence-corrected chi connectivity index (χ0v) is 10.7. The molecule has 0 amide bonds. The van der Waals surface area contributed by atoms with E-state index >= 15 is 0 Å². The van der Waals surface area contributed by atoms with Gasteiger partial charge < -0.3 is 9.67 Å². The molecule has 0 unspecified atom stereocenters. The highest BCUT2D eigenvalue weighted by Gasteiger charge is 2.03. The summed E-state index contributed by atoms with van der Waals surface area (Å²) >= 11 is 1.53. The number of rotatable bonds is 6. The van der Waals surface area contributed by atoms with E-state index in [2.05, 4.69) is 4.98 Å². The van der Waals surface area contributed by atoms with Gasteiger partial charge >= 0.3 is 0 Å². The van der Waals surface area contributed by atoms with Crippen molar-refractivity contribution in [2.24, 2.45) is 0 Å². The van der Waals surface area contributed by atoms with Gasteiger partial charge in [0.2, 0.25) is 0 Å². The Morgan fingerprint density at radius 1 is 1.28 bits per heavy atom. The van der Waals surface area contributed by atoms with Crippen molar-refractivity contribution in [2.45, 2.75) is 18.1 Å². The lowest BCUT2D eigenvalue weighted by Crippen LogP contribution is -2.02. The second kappa shape index (κ2) is 6.56. The van der Waals surface area contributed by atoms with Crippen molar-refractivity contribution in [3.05, 3.63) is 48.0 Å². The molecule has 0 saturated carbocycles. The third-order valence-corrected chi connectivity index (χ3v) is 3.54. The first-order valence-corrected chi connectivity index (χ1v) is 6.77. The van der Waals surface area contributed by atoms with E-state index in [4.69, 9.17) is 5.11 Å². The number of halogens is 1. The number of benzene rings is 1.